The molecular weight excluding hydrogens is 342 g/mol. The van der Waals surface area contributed by atoms with E-state index < -0.39 is 0 Å². The highest BCUT2D eigenvalue weighted by Crippen LogP contribution is 2.27. The average molecular weight is 380 g/mol. The summed E-state index contributed by atoms with van der Waals surface area (Å²) in [6.45, 7) is 15.4. The van der Waals surface area contributed by atoms with Crippen molar-refractivity contribution in [2.45, 2.75) is 39.0 Å². The largest absolute Gasteiger partial charge is 0.357 e. The van der Waals surface area contributed by atoms with E-state index in [1.807, 2.05) is 11.3 Å². The SMILES string of the molecule is CCNC(=NCC(C)(C)c1cccs1)NCCCCN1CCN(C)CC1. The standard InChI is InChI=1S/C20H37N5S/c1-5-21-19(23-17-20(2,3)18-9-8-16-26-18)22-10-6-7-11-25-14-12-24(4)13-15-25/h8-9,16H,5-7,10-15,17H2,1-4H3,(H2,21,22,23). The lowest BCUT2D eigenvalue weighted by Crippen LogP contribution is -2.44. The highest BCUT2D eigenvalue weighted by molar-refractivity contribution is 7.10. The van der Waals surface area contributed by atoms with E-state index in [1.165, 1.54) is 50.4 Å². The van der Waals surface area contributed by atoms with Crippen LogP contribution < -0.4 is 10.6 Å². The fourth-order valence-corrected chi connectivity index (χ4v) is 3.94. The summed E-state index contributed by atoms with van der Waals surface area (Å²) in [5, 5.41) is 9.01. The minimum absolute atomic E-state index is 0.0813. The van der Waals surface area contributed by atoms with Crippen molar-refractivity contribution in [3.8, 4) is 0 Å². The molecule has 0 aliphatic carbocycles. The number of hydrogen-bond acceptors (Lipinski definition) is 4. The minimum Gasteiger partial charge on any atom is -0.357 e. The summed E-state index contributed by atoms with van der Waals surface area (Å²) in [5.74, 6) is 0.941. The summed E-state index contributed by atoms with van der Waals surface area (Å²) in [6.07, 6.45) is 2.43. The van der Waals surface area contributed by atoms with Crippen LogP contribution in [-0.4, -0.2) is 75.2 Å². The van der Waals surface area contributed by atoms with Crippen molar-refractivity contribution in [2.75, 3.05) is 59.4 Å². The lowest BCUT2D eigenvalue weighted by Gasteiger charge is -2.32. The lowest BCUT2D eigenvalue weighted by atomic mass is 9.92. The first-order valence-corrected chi connectivity index (χ1v) is 10.9. The number of piperazine rings is 1. The molecule has 1 aliphatic rings. The summed E-state index contributed by atoms with van der Waals surface area (Å²) in [4.78, 5) is 11.2. The maximum absolute atomic E-state index is 4.82. The van der Waals surface area contributed by atoms with Crippen molar-refractivity contribution in [3.05, 3.63) is 22.4 Å². The summed E-state index contributed by atoms with van der Waals surface area (Å²) in [6, 6.07) is 4.33. The molecule has 26 heavy (non-hydrogen) atoms. The molecule has 6 heteroatoms. The Bertz CT molecular complexity index is 518. The van der Waals surface area contributed by atoms with Crippen LogP contribution in [0.2, 0.25) is 0 Å². The Morgan fingerprint density at radius 3 is 2.62 bits per heavy atom. The van der Waals surface area contributed by atoms with Crippen LogP contribution in [0.3, 0.4) is 0 Å². The van der Waals surface area contributed by atoms with Gasteiger partial charge in [-0.25, -0.2) is 0 Å². The molecule has 0 spiro atoms. The Hall–Kier alpha value is -1.11. The van der Waals surface area contributed by atoms with Gasteiger partial charge in [-0.2, -0.15) is 0 Å². The van der Waals surface area contributed by atoms with E-state index in [9.17, 15) is 0 Å². The number of hydrogen-bond donors (Lipinski definition) is 2. The smallest absolute Gasteiger partial charge is 0.191 e. The van der Waals surface area contributed by atoms with Gasteiger partial charge in [-0.3, -0.25) is 4.99 Å². The van der Waals surface area contributed by atoms with Gasteiger partial charge in [0.25, 0.3) is 0 Å². The van der Waals surface area contributed by atoms with E-state index in [4.69, 9.17) is 4.99 Å². The predicted molar refractivity (Wildman–Crippen MR) is 114 cm³/mol. The number of nitrogens with zero attached hydrogens (tertiary/aromatic N) is 3. The molecule has 1 saturated heterocycles. The van der Waals surface area contributed by atoms with Crippen molar-refractivity contribution in [1.82, 2.24) is 20.4 Å². The molecule has 2 rings (SSSR count). The first kappa shape index (κ1) is 21.2. The molecular formula is C20H37N5S. The van der Waals surface area contributed by atoms with Gasteiger partial charge in [0.05, 0.1) is 6.54 Å². The quantitative estimate of drug-likeness (QED) is 0.393. The Kier molecular flexibility index (Phi) is 8.88. The molecule has 0 unspecified atom stereocenters. The second-order valence-corrected chi connectivity index (χ2v) is 8.78. The van der Waals surface area contributed by atoms with Crippen molar-refractivity contribution in [2.24, 2.45) is 4.99 Å². The van der Waals surface area contributed by atoms with Gasteiger partial charge < -0.3 is 20.4 Å². The fourth-order valence-electron chi connectivity index (χ4n) is 3.10. The van der Waals surface area contributed by atoms with Crippen LogP contribution in [0.25, 0.3) is 0 Å². The predicted octanol–water partition coefficient (Wildman–Crippen LogP) is 2.61. The molecule has 2 N–H and O–H groups in total. The number of thiophene rings is 1. The molecule has 0 bridgehead atoms. The fraction of sp³-hybridized carbons (Fsp3) is 0.750. The molecule has 0 saturated carbocycles. The van der Waals surface area contributed by atoms with E-state index in [2.05, 4.69) is 65.8 Å². The summed E-state index contributed by atoms with van der Waals surface area (Å²) < 4.78 is 0. The van der Waals surface area contributed by atoms with Crippen LogP contribution in [0.5, 0.6) is 0 Å². The number of unbranched alkanes of at least 4 members (excludes halogenated alkanes) is 1. The Balaban J connectivity index is 1.68. The molecule has 2 heterocycles. The molecule has 0 atom stereocenters. The van der Waals surface area contributed by atoms with Crippen molar-refractivity contribution < 1.29 is 0 Å². The molecule has 1 aromatic rings. The summed E-state index contributed by atoms with van der Waals surface area (Å²) in [5.41, 5.74) is 0.0813. The first-order valence-electron chi connectivity index (χ1n) is 9.98. The lowest BCUT2D eigenvalue weighted by molar-refractivity contribution is 0.152. The normalized spacial score (nSPS) is 17.5. The maximum atomic E-state index is 4.82. The van der Waals surface area contributed by atoms with Crippen LogP contribution in [0.15, 0.2) is 22.5 Å². The molecule has 0 aromatic carbocycles. The zero-order valence-electron chi connectivity index (χ0n) is 17.1. The number of nitrogens with one attached hydrogen (secondary N) is 2. The van der Waals surface area contributed by atoms with Gasteiger partial charge in [0.15, 0.2) is 5.96 Å². The van der Waals surface area contributed by atoms with Gasteiger partial charge in [0, 0.05) is 49.6 Å². The highest BCUT2D eigenvalue weighted by Gasteiger charge is 2.21. The number of rotatable bonds is 9. The number of guanidine groups is 1. The second kappa shape index (κ2) is 10.9. The Morgan fingerprint density at radius 1 is 1.19 bits per heavy atom. The van der Waals surface area contributed by atoms with Gasteiger partial charge in [0.2, 0.25) is 0 Å². The Labute approximate surface area is 163 Å². The molecule has 1 aliphatic heterocycles. The third kappa shape index (κ3) is 7.25. The maximum Gasteiger partial charge on any atom is 0.191 e. The van der Waals surface area contributed by atoms with Crippen molar-refractivity contribution in [3.63, 3.8) is 0 Å². The summed E-state index contributed by atoms with van der Waals surface area (Å²) >= 11 is 1.82. The van der Waals surface area contributed by atoms with Gasteiger partial charge in [-0.05, 0) is 44.8 Å². The molecule has 148 valence electrons. The third-order valence-electron chi connectivity index (χ3n) is 4.95. The molecule has 0 radical (unpaired) electrons. The van der Waals surface area contributed by atoms with Gasteiger partial charge in [0.1, 0.15) is 0 Å². The number of aliphatic imine (C=N–C) groups is 1. The Morgan fingerprint density at radius 2 is 1.96 bits per heavy atom. The second-order valence-electron chi connectivity index (χ2n) is 7.84. The zero-order valence-corrected chi connectivity index (χ0v) is 17.9. The monoisotopic (exact) mass is 379 g/mol. The number of likely N-dealkylation sites (N-methyl/N-ethyl adjacent to an activating group) is 1. The highest BCUT2D eigenvalue weighted by atomic mass is 32.1. The first-order chi connectivity index (χ1) is 12.5. The average Bonchev–Trinajstić information content (AvgIpc) is 3.16. The van der Waals surface area contributed by atoms with Crippen LogP contribution >= 0.6 is 11.3 Å². The molecule has 1 aromatic heterocycles. The van der Waals surface area contributed by atoms with Gasteiger partial charge in [-0.15, -0.1) is 11.3 Å². The minimum atomic E-state index is 0.0813. The molecule has 5 nitrogen and oxygen atoms in total. The van der Waals surface area contributed by atoms with Crippen molar-refractivity contribution in [1.29, 1.82) is 0 Å². The third-order valence-corrected chi connectivity index (χ3v) is 6.19. The van der Waals surface area contributed by atoms with E-state index in [-0.39, 0.29) is 5.41 Å². The van der Waals surface area contributed by atoms with E-state index in [0.29, 0.717) is 0 Å². The zero-order chi connectivity index (χ0) is 18.8. The van der Waals surface area contributed by atoms with Crippen LogP contribution in [0.4, 0.5) is 0 Å². The summed E-state index contributed by atoms with van der Waals surface area (Å²) in [7, 11) is 2.21. The van der Waals surface area contributed by atoms with Gasteiger partial charge in [-0.1, -0.05) is 19.9 Å². The van der Waals surface area contributed by atoms with E-state index >= 15 is 0 Å². The molecule has 1 fully saturated rings. The van der Waals surface area contributed by atoms with Gasteiger partial charge >= 0.3 is 0 Å². The van der Waals surface area contributed by atoms with Crippen LogP contribution in [-0.2, 0) is 5.41 Å². The topological polar surface area (TPSA) is 42.9 Å². The van der Waals surface area contributed by atoms with Crippen LogP contribution in [0.1, 0.15) is 38.5 Å². The molecule has 0 amide bonds. The van der Waals surface area contributed by atoms with E-state index in [0.717, 1.165) is 25.6 Å². The van der Waals surface area contributed by atoms with E-state index in [1.54, 1.807) is 0 Å². The van der Waals surface area contributed by atoms with Crippen molar-refractivity contribution >= 4 is 17.3 Å². The van der Waals surface area contributed by atoms with Crippen LogP contribution in [0, 0.1) is 0 Å².